The van der Waals surface area contributed by atoms with Crippen LogP contribution in [0.1, 0.15) is 20.7 Å². The fourth-order valence-electron chi connectivity index (χ4n) is 2.12. The Morgan fingerprint density at radius 2 is 1.71 bits per heavy atom. The molecule has 0 saturated heterocycles. The van der Waals surface area contributed by atoms with Gasteiger partial charge in [0.15, 0.2) is 5.78 Å². The summed E-state index contributed by atoms with van der Waals surface area (Å²) in [6, 6.07) is 16.5. The van der Waals surface area contributed by atoms with Gasteiger partial charge in [-0.1, -0.05) is 54.2 Å². The molecule has 0 aliphatic carbocycles. The molecule has 0 unspecified atom stereocenters. The monoisotopic (exact) mass is 295 g/mol. The number of allylic oxidation sites excluding steroid dienone is 1. The number of benzene rings is 2. The highest BCUT2D eigenvalue weighted by Crippen LogP contribution is 2.37. The largest absolute Gasteiger partial charge is 0.305 e. The molecule has 0 bridgehead atoms. The van der Waals surface area contributed by atoms with Crippen molar-refractivity contribution >= 4 is 23.5 Å². The van der Waals surface area contributed by atoms with Crippen LogP contribution in [0, 0.1) is 0 Å². The van der Waals surface area contributed by atoms with Gasteiger partial charge >= 0.3 is 0 Å². The number of ketones is 1. The maximum absolute atomic E-state index is 12.3. The molecule has 0 radical (unpaired) electrons. The van der Waals surface area contributed by atoms with Crippen LogP contribution in [0.3, 0.4) is 0 Å². The zero-order valence-electron chi connectivity index (χ0n) is 11.4. The lowest BCUT2D eigenvalue weighted by atomic mass is 10.1. The first-order valence-electron chi connectivity index (χ1n) is 6.53. The van der Waals surface area contributed by atoms with Crippen molar-refractivity contribution in [3.63, 3.8) is 0 Å². The molecule has 1 aliphatic heterocycles. The summed E-state index contributed by atoms with van der Waals surface area (Å²) in [5.74, 6) is -0.186. The van der Waals surface area contributed by atoms with Crippen LogP contribution in [-0.4, -0.2) is 23.6 Å². The zero-order chi connectivity index (χ0) is 14.8. The third-order valence-corrected chi connectivity index (χ3v) is 4.46. The van der Waals surface area contributed by atoms with E-state index in [1.165, 1.54) is 22.7 Å². The highest BCUT2D eigenvalue weighted by atomic mass is 32.2. The number of amides is 1. The Morgan fingerprint density at radius 3 is 2.48 bits per heavy atom. The van der Waals surface area contributed by atoms with Gasteiger partial charge < -0.3 is 4.90 Å². The summed E-state index contributed by atoms with van der Waals surface area (Å²) >= 11 is 1.44. The van der Waals surface area contributed by atoms with Crippen LogP contribution >= 0.6 is 11.8 Å². The minimum Gasteiger partial charge on any atom is -0.305 e. The lowest BCUT2D eigenvalue weighted by Crippen LogP contribution is -2.29. The molecular formula is C17H13NO2S. The number of carbonyl (C=O) groups is 2. The van der Waals surface area contributed by atoms with Crippen molar-refractivity contribution in [2.75, 3.05) is 7.05 Å². The fraction of sp³-hybridized carbons (Fsp3) is 0.0588. The summed E-state index contributed by atoms with van der Waals surface area (Å²) in [6.45, 7) is 0. The van der Waals surface area contributed by atoms with E-state index in [0.717, 1.165) is 4.90 Å². The standard InChI is InChI=1S/C17H13NO2S/c1-18-16(11-14(19)12-7-3-2-4-8-12)21-15-10-6-5-9-13(15)17(18)20/h2-11H,1H3/b16-11-. The van der Waals surface area contributed by atoms with Gasteiger partial charge in [0.2, 0.25) is 0 Å². The van der Waals surface area contributed by atoms with Gasteiger partial charge in [-0.2, -0.15) is 0 Å². The van der Waals surface area contributed by atoms with E-state index in [1.807, 2.05) is 36.4 Å². The number of fused-ring (bicyclic) bond motifs is 1. The number of hydrogen-bond donors (Lipinski definition) is 0. The predicted octanol–water partition coefficient (Wildman–Crippen LogP) is 3.59. The summed E-state index contributed by atoms with van der Waals surface area (Å²) in [6.07, 6.45) is 1.52. The van der Waals surface area contributed by atoms with Crippen LogP contribution in [0.4, 0.5) is 0 Å². The molecule has 0 aromatic heterocycles. The molecule has 2 aromatic rings. The number of thioether (sulfide) groups is 1. The van der Waals surface area contributed by atoms with Crippen LogP contribution in [0.15, 0.2) is 70.6 Å². The Balaban J connectivity index is 1.95. The summed E-state index contributed by atoms with van der Waals surface area (Å²) in [5.41, 5.74) is 1.29. The second-order valence-corrected chi connectivity index (χ2v) is 5.74. The highest BCUT2D eigenvalue weighted by molar-refractivity contribution is 8.03. The molecule has 4 heteroatoms. The quantitative estimate of drug-likeness (QED) is 0.627. The number of nitrogens with zero attached hydrogens (tertiary/aromatic N) is 1. The van der Waals surface area contributed by atoms with Crippen LogP contribution < -0.4 is 0 Å². The van der Waals surface area contributed by atoms with E-state index in [2.05, 4.69) is 0 Å². The second-order valence-electron chi connectivity index (χ2n) is 4.68. The van der Waals surface area contributed by atoms with Gasteiger partial charge in [0, 0.05) is 23.6 Å². The molecule has 3 nitrogen and oxygen atoms in total. The van der Waals surface area contributed by atoms with E-state index in [1.54, 1.807) is 25.2 Å². The van der Waals surface area contributed by atoms with Gasteiger partial charge in [-0.25, -0.2) is 0 Å². The predicted molar refractivity (Wildman–Crippen MR) is 83.2 cm³/mol. The summed E-state index contributed by atoms with van der Waals surface area (Å²) in [7, 11) is 1.69. The van der Waals surface area contributed by atoms with Crippen molar-refractivity contribution < 1.29 is 9.59 Å². The summed E-state index contributed by atoms with van der Waals surface area (Å²) in [5, 5.41) is 0.646. The average molecular weight is 295 g/mol. The zero-order valence-corrected chi connectivity index (χ0v) is 12.3. The van der Waals surface area contributed by atoms with Crippen LogP contribution in [0.2, 0.25) is 0 Å². The van der Waals surface area contributed by atoms with Crippen molar-refractivity contribution in [1.29, 1.82) is 0 Å². The van der Waals surface area contributed by atoms with Crippen molar-refractivity contribution in [1.82, 2.24) is 4.90 Å². The van der Waals surface area contributed by atoms with Gasteiger partial charge in [0.1, 0.15) is 0 Å². The topological polar surface area (TPSA) is 37.4 Å². The van der Waals surface area contributed by atoms with Gasteiger partial charge in [0.05, 0.1) is 10.6 Å². The van der Waals surface area contributed by atoms with E-state index < -0.39 is 0 Å². The molecule has 21 heavy (non-hydrogen) atoms. The molecule has 0 saturated carbocycles. The Morgan fingerprint density at radius 1 is 1.05 bits per heavy atom. The van der Waals surface area contributed by atoms with Crippen LogP contribution in [-0.2, 0) is 0 Å². The van der Waals surface area contributed by atoms with Crippen LogP contribution in [0.5, 0.6) is 0 Å². The minimum atomic E-state index is -0.0999. The molecule has 0 fully saturated rings. The Bertz CT molecular complexity index is 737. The number of carbonyl (C=O) groups excluding carboxylic acids is 2. The first-order valence-corrected chi connectivity index (χ1v) is 7.34. The lowest BCUT2D eigenvalue weighted by molar-refractivity contribution is 0.0838. The summed E-state index contributed by atoms with van der Waals surface area (Å²) in [4.78, 5) is 27.0. The Kier molecular flexibility index (Phi) is 3.62. The van der Waals surface area contributed by atoms with Gasteiger partial charge in [-0.3, -0.25) is 9.59 Å². The van der Waals surface area contributed by atoms with E-state index >= 15 is 0 Å². The molecule has 0 spiro atoms. The summed E-state index contributed by atoms with van der Waals surface area (Å²) < 4.78 is 0. The first kappa shape index (κ1) is 13.6. The first-order chi connectivity index (χ1) is 10.2. The maximum atomic E-state index is 12.3. The fourth-order valence-corrected chi connectivity index (χ4v) is 3.14. The van der Waals surface area contributed by atoms with Gasteiger partial charge in [-0.05, 0) is 12.1 Å². The lowest BCUT2D eigenvalue weighted by Gasteiger charge is -2.26. The molecule has 1 heterocycles. The number of rotatable bonds is 2. The maximum Gasteiger partial charge on any atom is 0.259 e. The molecular weight excluding hydrogens is 282 g/mol. The van der Waals surface area contributed by atoms with E-state index in [4.69, 9.17) is 0 Å². The molecule has 1 aliphatic rings. The third-order valence-electron chi connectivity index (χ3n) is 3.28. The van der Waals surface area contributed by atoms with Crippen molar-refractivity contribution in [2.45, 2.75) is 4.90 Å². The van der Waals surface area contributed by atoms with E-state index in [9.17, 15) is 9.59 Å². The smallest absolute Gasteiger partial charge is 0.259 e. The normalized spacial score (nSPS) is 16.0. The Labute approximate surface area is 127 Å². The third kappa shape index (κ3) is 2.62. The Hall–Kier alpha value is -2.33. The van der Waals surface area contributed by atoms with Crippen molar-refractivity contribution in [3.8, 4) is 0 Å². The van der Waals surface area contributed by atoms with Crippen LogP contribution in [0.25, 0.3) is 0 Å². The van der Waals surface area contributed by atoms with Crippen molar-refractivity contribution in [3.05, 3.63) is 76.8 Å². The SMILES string of the molecule is CN1C(=O)c2ccccc2S/C1=C\C(=O)c1ccccc1. The molecule has 104 valence electrons. The van der Waals surface area contributed by atoms with E-state index in [0.29, 0.717) is 16.2 Å². The van der Waals surface area contributed by atoms with Crippen molar-refractivity contribution in [2.24, 2.45) is 0 Å². The number of hydrogen-bond acceptors (Lipinski definition) is 3. The molecule has 0 N–H and O–H groups in total. The highest BCUT2D eigenvalue weighted by Gasteiger charge is 2.26. The van der Waals surface area contributed by atoms with Gasteiger partial charge in [-0.15, -0.1) is 0 Å². The van der Waals surface area contributed by atoms with Gasteiger partial charge in [0.25, 0.3) is 5.91 Å². The molecule has 3 rings (SSSR count). The molecule has 2 aromatic carbocycles. The average Bonchev–Trinajstić information content (AvgIpc) is 2.53. The molecule has 0 atom stereocenters. The van der Waals surface area contributed by atoms with E-state index in [-0.39, 0.29) is 11.7 Å². The molecule has 1 amide bonds. The minimum absolute atomic E-state index is 0.0866. The second kappa shape index (κ2) is 5.58.